The molecule has 3 aliphatic rings. The molecule has 2 saturated heterocycles. The molecular weight excluding hydrogens is 422 g/mol. The van der Waals surface area contributed by atoms with Crippen molar-refractivity contribution in [3.63, 3.8) is 0 Å². The molecule has 3 N–H and O–H groups in total. The van der Waals surface area contributed by atoms with Gasteiger partial charge in [0.05, 0.1) is 24.4 Å². The highest BCUT2D eigenvalue weighted by Crippen LogP contribution is 2.41. The lowest BCUT2D eigenvalue weighted by atomic mass is 9.99. The van der Waals surface area contributed by atoms with Crippen molar-refractivity contribution in [1.29, 1.82) is 0 Å². The van der Waals surface area contributed by atoms with Gasteiger partial charge in [-0.1, -0.05) is 0 Å². The summed E-state index contributed by atoms with van der Waals surface area (Å²) >= 11 is 0. The van der Waals surface area contributed by atoms with Crippen LogP contribution in [0.1, 0.15) is 18.9 Å². The lowest BCUT2D eigenvalue weighted by Gasteiger charge is -2.38. The first kappa shape index (κ1) is 22.2. The van der Waals surface area contributed by atoms with Crippen molar-refractivity contribution in [3.8, 4) is 11.3 Å². The van der Waals surface area contributed by atoms with E-state index in [1.807, 2.05) is 7.05 Å². The van der Waals surface area contributed by atoms with Gasteiger partial charge >= 0.3 is 0 Å². The molecule has 178 valence electrons. The second-order valence-electron chi connectivity index (χ2n) is 9.10. The first-order valence-electron chi connectivity index (χ1n) is 11.6. The molecule has 0 amide bonds. The van der Waals surface area contributed by atoms with E-state index < -0.39 is 0 Å². The highest BCUT2D eigenvalue weighted by atomic mass is 16.5. The fraction of sp³-hybridized carbons (Fsp3) is 0.636. The number of likely N-dealkylation sites (tertiary alicyclic amines) is 1. The largest absolute Gasteiger partial charge is 0.378 e. The zero-order chi connectivity index (χ0) is 23.0. The fourth-order valence-electron chi connectivity index (χ4n) is 5.22. The van der Waals surface area contributed by atoms with E-state index >= 15 is 0 Å². The third-order valence-corrected chi connectivity index (χ3v) is 6.99. The maximum atomic E-state index is 5.74. The van der Waals surface area contributed by atoms with Crippen LogP contribution in [0, 0.1) is 0 Å². The Hall–Kier alpha value is -2.60. The minimum Gasteiger partial charge on any atom is -0.378 e. The zero-order valence-electron chi connectivity index (χ0n) is 19.6. The SMILES string of the molecule is CNC(OC)N1CCC(C)(N2CCc3c(-c4cnc(N)nc4)nc(N4CCOCC4)nc32)C1. The quantitative estimate of drug-likeness (QED) is 0.587. The number of nitrogens with one attached hydrogen (secondary N) is 1. The van der Waals surface area contributed by atoms with E-state index in [0.717, 1.165) is 74.2 Å². The molecule has 0 radical (unpaired) electrons. The van der Waals surface area contributed by atoms with Crippen molar-refractivity contribution in [2.24, 2.45) is 0 Å². The average molecular weight is 456 g/mol. The number of hydrogen-bond donors (Lipinski definition) is 2. The van der Waals surface area contributed by atoms with Crippen molar-refractivity contribution in [1.82, 2.24) is 30.2 Å². The molecule has 2 atom stereocenters. The molecule has 11 nitrogen and oxygen atoms in total. The zero-order valence-corrected chi connectivity index (χ0v) is 19.6. The molecule has 2 fully saturated rings. The van der Waals surface area contributed by atoms with Crippen LogP contribution in [-0.2, 0) is 15.9 Å². The fourth-order valence-corrected chi connectivity index (χ4v) is 5.22. The molecule has 5 rings (SSSR count). The van der Waals surface area contributed by atoms with Crippen LogP contribution < -0.4 is 20.9 Å². The predicted molar refractivity (Wildman–Crippen MR) is 126 cm³/mol. The number of methoxy groups -OCH3 is 1. The molecule has 0 aliphatic carbocycles. The second-order valence-corrected chi connectivity index (χ2v) is 9.10. The molecule has 0 spiro atoms. The number of aromatic nitrogens is 4. The Labute approximate surface area is 194 Å². The van der Waals surface area contributed by atoms with E-state index in [9.17, 15) is 0 Å². The predicted octanol–water partition coefficient (Wildman–Crippen LogP) is 0.329. The van der Waals surface area contributed by atoms with Crippen molar-refractivity contribution < 1.29 is 9.47 Å². The van der Waals surface area contributed by atoms with E-state index in [2.05, 4.69) is 36.9 Å². The summed E-state index contributed by atoms with van der Waals surface area (Å²) in [4.78, 5) is 25.6. The number of nitrogens with two attached hydrogens (primary N) is 1. The summed E-state index contributed by atoms with van der Waals surface area (Å²) in [6.45, 7) is 8.00. The second kappa shape index (κ2) is 8.98. The van der Waals surface area contributed by atoms with Crippen molar-refractivity contribution in [2.75, 3.05) is 75.6 Å². The molecule has 33 heavy (non-hydrogen) atoms. The number of hydrogen-bond acceptors (Lipinski definition) is 11. The Morgan fingerprint density at radius 3 is 2.61 bits per heavy atom. The maximum absolute atomic E-state index is 5.74. The number of nitrogen functional groups attached to an aromatic ring is 1. The van der Waals surface area contributed by atoms with Crippen LogP contribution in [0.4, 0.5) is 17.7 Å². The minimum absolute atomic E-state index is 0.0512. The van der Waals surface area contributed by atoms with Crippen LogP contribution >= 0.6 is 0 Å². The van der Waals surface area contributed by atoms with Crippen molar-refractivity contribution in [2.45, 2.75) is 31.7 Å². The summed E-state index contributed by atoms with van der Waals surface area (Å²) in [5, 5.41) is 3.25. The Bertz CT molecular complexity index is 979. The molecule has 11 heteroatoms. The van der Waals surface area contributed by atoms with Crippen LogP contribution in [0.3, 0.4) is 0 Å². The van der Waals surface area contributed by atoms with E-state index in [0.29, 0.717) is 13.2 Å². The highest BCUT2D eigenvalue weighted by molar-refractivity contribution is 5.73. The Balaban J connectivity index is 1.53. The minimum atomic E-state index is -0.0919. The molecule has 0 bridgehead atoms. The van der Waals surface area contributed by atoms with Gasteiger partial charge < -0.3 is 25.0 Å². The van der Waals surface area contributed by atoms with Gasteiger partial charge in [0.2, 0.25) is 11.9 Å². The van der Waals surface area contributed by atoms with Crippen LogP contribution in [0.15, 0.2) is 12.4 Å². The number of fused-ring (bicyclic) bond motifs is 1. The van der Waals surface area contributed by atoms with Crippen LogP contribution in [0.5, 0.6) is 0 Å². The van der Waals surface area contributed by atoms with Gasteiger partial charge in [-0.15, -0.1) is 0 Å². The lowest BCUT2D eigenvalue weighted by Crippen LogP contribution is -2.51. The van der Waals surface area contributed by atoms with Crippen molar-refractivity contribution in [3.05, 3.63) is 18.0 Å². The molecular formula is C22H33N9O2. The third kappa shape index (κ3) is 4.10. The van der Waals surface area contributed by atoms with Crippen LogP contribution in [0.2, 0.25) is 0 Å². The van der Waals surface area contributed by atoms with Gasteiger partial charge in [0, 0.05) is 63.4 Å². The molecule has 2 unspecified atom stereocenters. The number of nitrogens with zero attached hydrogens (tertiary/aromatic N) is 7. The third-order valence-electron chi connectivity index (χ3n) is 6.99. The van der Waals surface area contributed by atoms with E-state index in [1.54, 1.807) is 19.5 Å². The molecule has 3 aliphatic heterocycles. The summed E-state index contributed by atoms with van der Waals surface area (Å²) in [5.41, 5.74) is 8.60. The Kier molecular flexibility index (Phi) is 6.04. The standard InChI is InChI=1S/C22H33N9O2/c1-22(5-7-30(14-22)21(24-2)32-3)31-6-4-16-17(15-12-25-19(23)26-13-15)27-20(28-18(16)31)29-8-10-33-11-9-29/h12-13,21,24H,4-11,14H2,1-3H3,(H2,23,25,26). The van der Waals surface area contributed by atoms with Crippen LogP contribution in [-0.4, -0.2) is 96.8 Å². The van der Waals surface area contributed by atoms with Gasteiger partial charge in [-0.25, -0.2) is 15.0 Å². The summed E-state index contributed by atoms with van der Waals surface area (Å²) in [5.74, 6) is 2.01. The van der Waals surface area contributed by atoms with E-state index in [4.69, 9.17) is 25.2 Å². The van der Waals surface area contributed by atoms with Gasteiger partial charge in [0.25, 0.3) is 0 Å². The summed E-state index contributed by atoms with van der Waals surface area (Å²) < 4.78 is 11.2. The topological polar surface area (TPSA) is 118 Å². The summed E-state index contributed by atoms with van der Waals surface area (Å²) in [6.07, 6.45) is 5.34. The van der Waals surface area contributed by atoms with Crippen LogP contribution in [0.25, 0.3) is 11.3 Å². The summed E-state index contributed by atoms with van der Waals surface area (Å²) in [6, 6.07) is 0. The smallest absolute Gasteiger partial charge is 0.228 e. The number of ether oxygens (including phenoxy) is 2. The normalized spacial score (nSPS) is 24.3. The number of rotatable bonds is 6. The molecule has 0 aromatic carbocycles. The van der Waals surface area contributed by atoms with Crippen molar-refractivity contribution >= 4 is 17.7 Å². The van der Waals surface area contributed by atoms with Gasteiger partial charge in [-0.3, -0.25) is 10.2 Å². The number of morpholine rings is 1. The molecule has 0 saturated carbocycles. The van der Waals surface area contributed by atoms with E-state index in [1.165, 1.54) is 0 Å². The average Bonchev–Trinajstić information content (AvgIpc) is 3.45. The molecule has 5 heterocycles. The van der Waals surface area contributed by atoms with Gasteiger partial charge in [-0.2, -0.15) is 4.98 Å². The highest BCUT2D eigenvalue weighted by Gasteiger charge is 2.45. The maximum Gasteiger partial charge on any atom is 0.228 e. The first-order valence-corrected chi connectivity index (χ1v) is 11.6. The lowest BCUT2D eigenvalue weighted by molar-refractivity contribution is -0.0405. The summed E-state index contributed by atoms with van der Waals surface area (Å²) in [7, 11) is 3.67. The van der Waals surface area contributed by atoms with Gasteiger partial charge in [-0.05, 0) is 26.8 Å². The first-order chi connectivity index (χ1) is 16.0. The number of anilines is 3. The van der Waals surface area contributed by atoms with Gasteiger partial charge in [0.1, 0.15) is 5.82 Å². The monoisotopic (exact) mass is 455 g/mol. The van der Waals surface area contributed by atoms with Gasteiger partial charge in [0.15, 0.2) is 6.35 Å². The Morgan fingerprint density at radius 1 is 1.15 bits per heavy atom. The Morgan fingerprint density at radius 2 is 1.91 bits per heavy atom. The van der Waals surface area contributed by atoms with E-state index in [-0.39, 0.29) is 17.8 Å². The molecule has 2 aromatic rings. The molecule has 2 aromatic heterocycles.